The van der Waals surface area contributed by atoms with Crippen molar-refractivity contribution >= 4 is 5.82 Å². The Hall–Kier alpha value is -2.45. The Bertz CT molecular complexity index is 631. The molecule has 0 amide bonds. The Morgan fingerprint density at radius 1 is 1.39 bits per heavy atom. The van der Waals surface area contributed by atoms with E-state index in [0.29, 0.717) is 16.8 Å². The SMILES string of the molecule is Cc1cc(C#N)c(NN)nc1-c1cccc(F)c1. The van der Waals surface area contributed by atoms with E-state index in [0.717, 1.165) is 5.56 Å². The van der Waals surface area contributed by atoms with Crippen LogP contribution in [0.5, 0.6) is 0 Å². The first-order valence-electron chi connectivity index (χ1n) is 5.30. The molecular weight excluding hydrogens is 231 g/mol. The van der Waals surface area contributed by atoms with Gasteiger partial charge in [-0.05, 0) is 30.7 Å². The third kappa shape index (κ3) is 2.14. The van der Waals surface area contributed by atoms with Crippen molar-refractivity contribution in [3.63, 3.8) is 0 Å². The number of hydrazine groups is 1. The number of nitrogens with one attached hydrogen (secondary N) is 1. The number of benzene rings is 1. The molecule has 2 aromatic rings. The summed E-state index contributed by atoms with van der Waals surface area (Å²) in [5.74, 6) is 5.26. The fourth-order valence-corrected chi connectivity index (χ4v) is 1.74. The number of halogens is 1. The zero-order chi connectivity index (χ0) is 13.1. The zero-order valence-electron chi connectivity index (χ0n) is 9.74. The highest BCUT2D eigenvalue weighted by molar-refractivity contribution is 5.68. The molecule has 0 saturated carbocycles. The molecule has 0 fully saturated rings. The van der Waals surface area contributed by atoms with E-state index in [1.807, 2.05) is 13.0 Å². The highest BCUT2D eigenvalue weighted by Gasteiger charge is 2.10. The number of rotatable bonds is 2. The first kappa shape index (κ1) is 12.0. The number of nitriles is 1. The van der Waals surface area contributed by atoms with Gasteiger partial charge in [0.05, 0.1) is 11.3 Å². The molecule has 18 heavy (non-hydrogen) atoms. The Morgan fingerprint density at radius 3 is 2.78 bits per heavy atom. The highest BCUT2D eigenvalue weighted by Crippen LogP contribution is 2.25. The maximum atomic E-state index is 13.2. The number of aryl methyl sites for hydroxylation is 1. The van der Waals surface area contributed by atoms with E-state index in [-0.39, 0.29) is 11.6 Å². The average molecular weight is 242 g/mol. The van der Waals surface area contributed by atoms with E-state index >= 15 is 0 Å². The van der Waals surface area contributed by atoms with E-state index in [1.54, 1.807) is 18.2 Å². The summed E-state index contributed by atoms with van der Waals surface area (Å²) in [6.45, 7) is 1.81. The monoisotopic (exact) mass is 242 g/mol. The van der Waals surface area contributed by atoms with Gasteiger partial charge in [-0.2, -0.15) is 5.26 Å². The molecule has 0 aliphatic carbocycles. The molecule has 0 atom stereocenters. The van der Waals surface area contributed by atoms with Gasteiger partial charge in [0.25, 0.3) is 0 Å². The smallest absolute Gasteiger partial charge is 0.158 e. The van der Waals surface area contributed by atoms with Crippen molar-refractivity contribution in [3.8, 4) is 17.3 Å². The second-order valence-electron chi connectivity index (χ2n) is 3.82. The van der Waals surface area contributed by atoms with Gasteiger partial charge in [-0.1, -0.05) is 12.1 Å². The highest BCUT2D eigenvalue weighted by atomic mass is 19.1. The Kier molecular flexibility index (Phi) is 3.22. The van der Waals surface area contributed by atoms with Crippen molar-refractivity contribution in [1.82, 2.24) is 4.98 Å². The summed E-state index contributed by atoms with van der Waals surface area (Å²) in [7, 11) is 0. The van der Waals surface area contributed by atoms with Crippen LogP contribution < -0.4 is 11.3 Å². The summed E-state index contributed by atoms with van der Waals surface area (Å²) in [6.07, 6.45) is 0. The molecule has 0 bridgehead atoms. The number of anilines is 1. The lowest BCUT2D eigenvalue weighted by Crippen LogP contribution is -2.11. The molecule has 90 valence electrons. The van der Waals surface area contributed by atoms with E-state index in [9.17, 15) is 4.39 Å². The van der Waals surface area contributed by atoms with Crippen molar-refractivity contribution in [2.24, 2.45) is 5.84 Å². The van der Waals surface area contributed by atoms with Gasteiger partial charge in [-0.15, -0.1) is 0 Å². The number of nitrogens with two attached hydrogens (primary N) is 1. The minimum atomic E-state index is -0.333. The van der Waals surface area contributed by atoms with Crippen LogP contribution in [-0.2, 0) is 0 Å². The largest absolute Gasteiger partial charge is 0.307 e. The molecule has 4 nitrogen and oxygen atoms in total. The molecule has 1 aromatic carbocycles. The van der Waals surface area contributed by atoms with Gasteiger partial charge < -0.3 is 5.43 Å². The number of hydrogen-bond donors (Lipinski definition) is 2. The third-order valence-electron chi connectivity index (χ3n) is 2.57. The van der Waals surface area contributed by atoms with Gasteiger partial charge in [-0.3, -0.25) is 0 Å². The van der Waals surface area contributed by atoms with Crippen LogP contribution in [0.3, 0.4) is 0 Å². The summed E-state index contributed by atoms with van der Waals surface area (Å²) in [5, 5.41) is 8.93. The summed E-state index contributed by atoms with van der Waals surface area (Å²) in [4.78, 5) is 4.25. The summed E-state index contributed by atoms with van der Waals surface area (Å²) in [5.41, 5.74) is 4.76. The minimum Gasteiger partial charge on any atom is -0.307 e. The summed E-state index contributed by atoms with van der Waals surface area (Å²) in [6, 6.07) is 9.79. The lowest BCUT2D eigenvalue weighted by molar-refractivity contribution is 0.628. The van der Waals surface area contributed by atoms with Crippen molar-refractivity contribution in [2.75, 3.05) is 5.43 Å². The summed E-state index contributed by atoms with van der Waals surface area (Å²) >= 11 is 0. The lowest BCUT2D eigenvalue weighted by Gasteiger charge is -2.09. The van der Waals surface area contributed by atoms with Crippen LogP contribution in [-0.4, -0.2) is 4.98 Å². The molecule has 1 heterocycles. The Morgan fingerprint density at radius 2 is 2.17 bits per heavy atom. The topological polar surface area (TPSA) is 74.7 Å². The number of pyridine rings is 1. The molecule has 1 aromatic heterocycles. The molecule has 0 aliphatic heterocycles. The van der Waals surface area contributed by atoms with E-state index < -0.39 is 0 Å². The first-order valence-corrected chi connectivity index (χ1v) is 5.30. The van der Waals surface area contributed by atoms with Crippen molar-refractivity contribution < 1.29 is 4.39 Å². The van der Waals surface area contributed by atoms with E-state index in [4.69, 9.17) is 11.1 Å². The predicted octanol–water partition coefficient (Wildman–Crippen LogP) is 2.35. The van der Waals surface area contributed by atoms with Gasteiger partial charge in [-0.25, -0.2) is 15.2 Å². The summed E-state index contributed by atoms with van der Waals surface area (Å²) < 4.78 is 13.2. The predicted molar refractivity (Wildman–Crippen MR) is 66.9 cm³/mol. The van der Waals surface area contributed by atoms with Crippen LogP contribution in [0.1, 0.15) is 11.1 Å². The molecule has 0 radical (unpaired) electrons. The molecule has 0 aliphatic rings. The van der Waals surface area contributed by atoms with Gasteiger partial charge in [0, 0.05) is 5.56 Å². The molecule has 3 N–H and O–H groups in total. The van der Waals surface area contributed by atoms with Crippen LogP contribution >= 0.6 is 0 Å². The van der Waals surface area contributed by atoms with Crippen molar-refractivity contribution in [2.45, 2.75) is 6.92 Å². The van der Waals surface area contributed by atoms with Crippen LogP contribution in [0.4, 0.5) is 10.2 Å². The molecule has 0 saturated heterocycles. The maximum Gasteiger partial charge on any atom is 0.158 e. The van der Waals surface area contributed by atoms with Crippen LogP contribution in [0.25, 0.3) is 11.3 Å². The van der Waals surface area contributed by atoms with Crippen LogP contribution in [0, 0.1) is 24.1 Å². The molecule has 2 rings (SSSR count). The maximum absolute atomic E-state index is 13.2. The van der Waals surface area contributed by atoms with Gasteiger partial charge >= 0.3 is 0 Å². The van der Waals surface area contributed by atoms with Gasteiger partial charge in [0.15, 0.2) is 5.82 Å². The van der Waals surface area contributed by atoms with Gasteiger partial charge in [0.1, 0.15) is 11.9 Å². The Labute approximate surface area is 104 Å². The number of hydrogen-bond acceptors (Lipinski definition) is 4. The van der Waals surface area contributed by atoms with E-state index in [2.05, 4.69) is 10.4 Å². The molecule has 0 spiro atoms. The van der Waals surface area contributed by atoms with Crippen molar-refractivity contribution in [1.29, 1.82) is 5.26 Å². The quantitative estimate of drug-likeness (QED) is 0.626. The second-order valence-corrected chi connectivity index (χ2v) is 3.82. The molecule has 0 unspecified atom stereocenters. The fourth-order valence-electron chi connectivity index (χ4n) is 1.74. The number of aromatic nitrogens is 1. The number of nitrogen functional groups attached to an aromatic ring is 1. The normalized spacial score (nSPS) is 9.89. The minimum absolute atomic E-state index is 0.280. The van der Waals surface area contributed by atoms with Gasteiger partial charge in [0.2, 0.25) is 0 Å². The van der Waals surface area contributed by atoms with Crippen molar-refractivity contribution in [3.05, 3.63) is 47.3 Å². The lowest BCUT2D eigenvalue weighted by atomic mass is 10.0. The average Bonchev–Trinajstić information content (AvgIpc) is 2.38. The van der Waals surface area contributed by atoms with E-state index in [1.165, 1.54) is 12.1 Å². The zero-order valence-corrected chi connectivity index (χ0v) is 9.74. The third-order valence-corrected chi connectivity index (χ3v) is 2.57. The first-order chi connectivity index (χ1) is 8.65. The second kappa shape index (κ2) is 4.82. The standard InChI is InChI=1S/C13H11FN4/c1-8-5-10(7-15)13(18-16)17-12(8)9-3-2-4-11(14)6-9/h2-6H,16H2,1H3,(H,17,18). The van der Waals surface area contributed by atoms with Crippen LogP contribution in [0.15, 0.2) is 30.3 Å². The van der Waals surface area contributed by atoms with Crippen LogP contribution in [0.2, 0.25) is 0 Å². The Balaban J connectivity index is 2.62. The molecular formula is C13H11FN4. The number of nitrogens with zero attached hydrogens (tertiary/aromatic N) is 2. The fraction of sp³-hybridized carbons (Fsp3) is 0.0769. The molecule has 5 heteroatoms.